The van der Waals surface area contributed by atoms with E-state index in [2.05, 4.69) is 21.3 Å². The molecule has 0 radical (unpaired) electrons. The number of hydrogen-bond donors (Lipinski definition) is 5. The Morgan fingerprint density at radius 1 is 0.760 bits per heavy atom. The van der Waals surface area contributed by atoms with Crippen LogP contribution in [0.2, 0.25) is 0 Å². The summed E-state index contributed by atoms with van der Waals surface area (Å²) in [5.41, 5.74) is 4.33. The average Bonchev–Trinajstić information content (AvgIpc) is 3.40. The lowest BCUT2D eigenvalue weighted by Crippen LogP contribution is -2.54. The lowest BCUT2D eigenvalue weighted by molar-refractivity contribution is -0.138. The Hall–Kier alpha value is -5.39. The molecule has 0 saturated heterocycles. The van der Waals surface area contributed by atoms with Gasteiger partial charge in [-0.2, -0.15) is 0 Å². The molecule has 5 N–H and O–H groups in total. The van der Waals surface area contributed by atoms with Crippen LogP contribution < -0.4 is 21.3 Å². The van der Waals surface area contributed by atoms with Crippen LogP contribution in [0.1, 0.15) is 69.6 Å². The highest BCUT2D eigenvalue weighted by atomic mass is 16.6. The summed E-state index contributed by atoms with van der Waals surface area (Å²) in [5.74, 6) is -2.79. The summed E-state index contributed by atoms with van der Waals surface area (Å²) >= 11 is 0. The molecule has 3 atom stereocenters. The third-order valence-corrected chi connectivity index (χ3v) is 8.15. The number of ether oxygens (including phenoxy) is 2. The van der Waals surface area contributed by atoms with Crippen molar-refractivity contribution in [3.8, 4) is 11.1 Å². The molecule has 0 heterocycles. The molecule has 0 aromatic heterocycles. The van der Waals surface area contributed by atoms with Crippen molar-refractivity contribution in [2.45, 2.75) is 83.1 Å². The molecule has 4 rings (SSSR count). The van der Waals surface area contributed by atoms with E-state index >= 15 is 0 Å². The number of carboxylic acid groups (broad SMARTS) is 1. The molecular weight excluding hydrogens is 640 g/mol. The van der Waals surface area contributed by atoms with Crippen molar-refractivity contribution >= 4 is 30.0 Å². The van der Waals surface area contributed by atoms with Crippen LogP contribution in [0, 0.1) is 0 Å². The zero-order chi connectivity index (χ0) is 36.3. The fourth-order valence-electron chi connectivity index (χ4n) is 5.92. The average molecular weight is 687 g/mol. The molecule has 50 heavy (non-hydrogen) atoms. The van der Waals surface area contributed by atoms with Gasteiger partial charge in [-0.15, -0.1) is 0 Å². The molecule has 0 spiro atoms. The topological polar surface area (TPSA) is 172 Å². The van der Waals surface area contributed by atoms with E-state index in [0.717, 1.165) is 27.8 Å². The lowest BCUT2D eigenvalue weighted by atomic mass is 9.88. The summed E-state index contributed by atoms with van der Waals surface area (Å²) in [4.78, 5) is 62.7. The second-order valence-electron chi connectivity index (χ2n) is 13.2. The van der Waals surface area contributed by atoms with Crippen molar-refractivity contribution in [2.24, 2.45) is 0 Å². The molecule has 4 amide bonds. The molecule has 3 aromatic rings. The van der Waals surface area contributed by atoms with Crippen LogP contribution in [0.3, 0.4) is 0 Å². The van der Waals surface area contributed by atoms with E-state index in [0.29, 0.717) is 25.8 Å². The molecule has 1 aliphatic rings. The lowest BCUT2D eigenvalue weighted by Gasteiger charge is -2.27. The molecule has 1 aliphatic carbocycles. The van der Waals surface area contributed by atoms with Crippen molar-refractivity contribution in [1.82, 2.24) is 21.3 Å². The fraction of sp³-hybridized carbons (Fsp3) is 0.395. The largest absolute Gasteiger partial charge is 0.480 e. The van der Waals surface area contributed by atoms with Gasteiger partial charge in [0.25, 0.3) is 0 Å². The summed E-state index contributed by atoms with van der Waals surface area (Å²) in [5, 5.41) is 19.3. The van der Waals surface area contributed by atoms with Gasteiger partial charge in [0.1, 0.15) is 30.3 Å². The minimum Gasteiger partial charge on any atom is -0.480 e. The number of amides is 4. The first-order valence-electron chi connectivity index (χ1n) is 16.8. The molecule has 0 bridgehead atoms. The minimum atomic E-state index is -1.22. The van der Waals surface area contributed by atoms with Gasteiger partial charge in [0.2, 0.25) is 11.8 Å². The van der Waals surface area contributed by atoms with Crippen LogP contribution in [0.15, 0.2) is 78.9 Å². The highest BCUT2D eigenvalue weighted by Crippen LogP contribution is 2.47. The standard InChI is InChI=1S/C38H46N4O8/c1-24(34(45)42-30(35(46)40-23-32(43)44)22-25-14-6-5-7-15-25)41-37(48)49-31(20-12-13-21-39-36(47)50-38(2,3)4)33-28-18-10-8-16-26(28)27-17-9-11-19-29(27)33/h5-11,14-19,24,30-31,33H,12-13,20-23H2,1-4H3,(H,39,47)(H,40,46)(H,41,48)(H,42,45)(H,43,44). The maximum absolute atomic E-state index is 13.4. The highest BCUT2D eigenvalue weighted by Gasteiger charge is 2.36. The Balaban J connectivity index is 1.44. The van der Waals surface area contributed by atoms with Crippen LogP contribution >= 0.6 is 0 Å². The predicted octanol–water partition coefficient (Wildman–Crippen LogP) is 4.91. The summed E-state index contributed by atoms with van der Waals surface area (Å²) in [7, 11) is 0. The number of aliphatic carboxylic acids is 1. The van der Waals surface area contributed by atoms with Crippen LogP contribution in [-0.4, -0.2) is 72.0 Å². The Labute approximate surface area is 292 Å². The maximum atomic E-state index is 13.4. The predicted molar refractivity (Wildman–Crippen MR) is 187 cm³/mol. The maximum Gasteiger partial charge on any atom is 0.408 e. The van der Waals surface area contributed by atoms with E-state index in [1.807, 2.05) is 54.6 Å². The van der Waals surface area contributed by atoms with Crippen LogP contribution in [-0.2, 0) is 30.3 Å². The summed E-state index contributed by atoms with van der Waals surface area (Å²) in [6.45, 7) is 6.64. The first-order valence-corrected chi connectivity index (χ1v) is 16.8. The molecule has 0 aliphatic heterocycles. The van der Waals surface area contributed by atoms with Crippen molar-refractivity contribution in [2.75, 3.05) is 13.1 Å². The minimum absolute atomic E-state index is 0.112. The molecule has 3 unspecified atom stereocenters. The number of fused-ring (bicyclic) bond motifs is 3. The summed E-state index contributed by atoms with van der Waals surface area (Å²) < 4.78 is 11.4. The smallest absolute Gasteiger partial charge is 0.408 e. The second-order valence-corrected chi connectivity index (χ2v) is 13.2. The van der Waals surface area contributed by atoms with Gasteiger partial charge >= 0.3 is 18.2 Å². The van der Waals surface area contributed by atoms with Crippen LogP contribution in [0.4, 0.5) is 9.59 Å². The van der Waals surface area contributed by atoms with Gasteiger partial charge in [-0.1, -0.05) is 78.9 Å². The van der Waals surface area contributed by atoms with Gasteiger partial charge in [0, 0.05) is 18.9 Å². The van der Waals surface area contributed by atoms with Gasteiger partial charge < -0.3 is 35.8 Å². The molecule has 0 fully saturated rings. The van der Waals surface area contributed by atoms with Gasteiger partial charge in [0.05, 0.1) is 0 Å². The first-order chi connectivity index (χ1) is 23.8. The van der Waals surface area contributed by atoms with Crippen LogP contribution in [0.5, 0.6) is 0 Å². The third kappa shape index (κ3) is 10.8. The number of unbranched alkanes of at least 4 members (excludes halogenated alkanes) is 1. The second kappa shape index (κ2) is 17.3. The molecule has 3 aromatic carbocycles. The Morgan fingerprint density at radius 2 is 1.36 bits per heavy atom. The number of nitrogens with one attached hydrogen (secondary N) is 4. The van der Waals surface area contributed by atoms with Gasteiger partial charge in [-0.3, -0.25) is 14.4 Å². The molecule has 12 heteroatoms. The normalized spacial score (nSPS) is 13.8. The van der Waals surface area contributed by atoms with Crippen molar-refractivity contribution in [3.63, 3.8) is 0 Å². The van der Waals surface area contributed by atoms with Crippen molar-refractivity contribution < 1.29 is 38.6 Å². The van der Waals surface area contributed by atoms with E-state index in [1.54, 1.807) is 45.0 Å². The zero-order valence-electron chi connectivity index (χ0n) is 28.9. The first kappa shape index (κ1) is 37.4. The van der Waals surface area contributed by atoms with E-state index in [-0.39, 0.29) is 12.3 Å². The number of alkyl carbamates (subject to hydrolysis) is 2. The van der Waals surface area contributed by atoms with E-state index < -0.39 is 60.3 Å². The number of carbonyl (C=O) groups excluding carboxylic acids is 4. The number of hydrogen-bond acceptors (Lipinski definition) is 7. The number of carbonyl (C=O) groups is 5. The summed E-state index contributed by atoms with van der Waals surface area (Å²) in [6.07, 6.45) is -0.0909. The van der Waals surface area contributed by atoms with E-state index in [4.69, 9.17) is 14.6 Å². The highest BCUT2D eigenvalue weighted by molar-refractivity contribution is 5.92. The number of rotatable bonds is 15. The fourth-order valence-corrected chi connectivity index (χ4v) is 5.92. The zero-order valence-corrected chi connectivity index (χ0v) is 28.9. The summed E-state index contributed by atoms with van der Waals surface area (Å²) in [6, 6.07) is 22.8. The van der Waals surface area contributed by atoms with Crippen LogP contribution in [0.25, 0.3) is 11.1 Å². The van der Waals surface area contributed by atoms with Crippen molar-refractivity contribution in [1.29, 1.82) is 0 Å². The van der Waals surface area contributed by atoms with Gasteiger partial charge in [-0.05, 0) is 74.8 Å². The quantitative estimate of drug-likeness (QED) is 0.140. The van der Waals surface area contributed by atoms with Gasteiger partial charge in [0.15, 0.2) is 0 Å². The molecular formula is C38H46N4O8. The van der Waals surface area contributed by atoms with Crippen molar-refractivity contribution in [3.05, 3.63) is 95.6 Å². The number of benzene rings is 3. The van der Waals surface area contributed by atoms with E-state index in [9.17, 15) is 24.0 Å². The Morgan fingerprint density at radius 3 is 1.96 bits per heavy atom. The SMILES string of the molecule is CC(NC(=O)OC(CCCCNC(=O)OC(C)(C)C)C1c2ccccc2-c2ccccc21)C(=O)NC(Cc1ccccc1)C(=O)NCC(=O)O. The Bertz CT molecular complexity index is 1610. The Kier molecular flexibility index (Phi) is 13.0. The third-order valence-electron chi connectivity index (χ3n) is 8.15. The number of carboxylic acids is 1. The van der Waals surface area contributed by atoms with Gasteiger partial charge in [-0.25, -0.2) is 9.59 Å². The molecule has 266 valence electrons. The molecule has 12 nitrogen and oxygen atoms in total. The molecule has 0 saturated carbocycles. The monoisotopic (exact) mass is 686 g/mol. The van der Waals surface area contributed by atoms with E-state index in [1.165, 1.54) is 6.92 Å².